The molecule has 0 saturated carbocycles. The summed E-state index contributed by atoms with van der Waals surface area (Å²) < 4.78 is 33.8. The Morgan fingerprint density at radius 2 is 1.82 bits per heavy atom. The lowest BCUT2D eigenvalue weighted by atomic mass is 9.87. The third-order valence-corrected chi connectivity index (χ3v) is 6.42. The fraction of sp³-hybridized carbons (Fsp3) is 0.522. The highest BCUT2D eigenvalue weighted by molar-refractivity contribution is 5.79. The first-order valence-electron chi connectivity index (χ1n) is 10.9. The molecule has 1 aromatic carbocycles. The van der Waals surface area contributed by atoms with Crippen LogP contribution in [0.3, 0.4) is 0 Å². The highest BCUT2D eigenvalue weighted by Crippen LogP contribution is 2.40. The monoisotopic (exact) mass is 466 g/mol. The van der Waals surface area contributed by atoms with E-state index < -0.39 is 12.1 Å². The number of aryl methyl sites for hydroxylation is 1. The number of aliphatic carboxylic acids is 1. The third-order valence-electron chi connectivity index (χ3n) is 6.42. The number of hydrogen-bond acceptors (Lipinski definition) is 4. The molecule has 2 aliphatic heterocycles. The normalized spacial score (nSPS) is 21.6. The number of hydrogen-bond donors (Lipinski definition) is 1. The summed E-state index contributed by atoms with van der Waals surface area (Å²) in [5.74, 6) is -2.43. The lowest BCUT2D eigenvalue weighted by Gasteiger charge is -2.38. The summed E-state index contributed by atoms with van der Waals surface area (Å²) in [6.07, 6.45) is 3.80. The highest BCUT2D eigenvalue weighted by atomic mass is 19.4. The molecular formula is C23H29F3N4O3. The molecule has 1 spiro atoms. The second kappa shape index (κ2) is 10.4. The van der Waals surface area contributed by atoms with Crippen LogP contribution in [0.5, 0.6) is 0 Å². The van der Waals surface area contributed by atoms with Crippen molar-refractivity contribution in [1.29, 1.82) is 0 Å². The number of alkyl halides is 3. The standard InChI is InChI=1S/C21H28N4O.C2HF3O2/c1-23-17-22-14-19(23)16-24-12-5-9-21(11-13-24)10-8-20(26)25(21)15-18-6-3-2-4-7-18;3-2(4,5)1(6)7/h2-4,6-7,14,17H,5,8-13,15-16H2,1H3;(H,6,7). The predicted molar refractivity (Wildman–Crippen MR) is 115 cm³/mol. The van der Waals surface area contributed by atoms with Gasteiger partial charge in [-0.15, -0.1) is 0 Å². The SMILES string of the molecule is Cn1cncc1CN1CCCC2(CCC(=O)N2Cc2ccccc2)CC1.O=C(O)C(F)(F)F. The van der Waals surface area contributed by atoms with Gasteiger partial charge in [-0.3, -0.25) is 9.69 Å². The van der Waals surface area contributed by atoms with Gasteiger partial charge in [-0.2, -0.15) is 13.2 Å². The number of imidazole rings is 1. The molecule has 1 aromatic heterocycles. The molecule has 7 nitrogen and oxygen atoms in total. The summed E-state index contributed by atoms with van der Waals surface area (Å²) in [6, 6.07) is 10.4. The molecule has 2 aliphatic rings. The van der Waals surface area contributed by atoms with E-state index in [-0.39, 0.29) is 5.54 Å². The number of amides is 1. The van der Waals surface area contributed by atoms with E-state index in [4.69, 9.17) is 9.90 Å². The van der Waals surface area contributed by atoms with E-state index in [1.54, 1.807) is 0 Å². The molecular weight excluding hydrogens is 437 g/mol. The van der Waals surface area contributed by atoms with Gasteiger partial charge in [-0.25, -0.2) is 9.78 Å². The number of carboxylic acid groups (broad SMARTS) is 1. The minimum absolute atomic E-state index is 0.0497. The fourth-order valence-electron chi connectivity index (χ4n) is 4.57. The zero-order valence-electron chi connectivity index (χ0n) is 18.6. The van der Waals surface area contributed by atoms with Crippen molar-refractivity contribution in [3.63, 3.8) is 0 Å². The van der Waals surface area contributed by atoms with Gasteiger partial charge in [0.2, 0.25) is 5.91 Å². The summed E-state index contributed by atoms with van der Waals surface area (Å²) in [7, 11) is 2.05. The van der Waals surface area contributed by atoms with E-state index in [2.05, 4.69) is 50.7 Å². The molecule has 10 heteroatoms. The molecule has 2 saturated heterocycles. The Morgan fingerprint density at radius 3 is 2.42 bits per heavy atom. The number of carbonyl (C=O) groups is 2. The molecule has 2 aromatic rings. The van der Waals surface area contributed by atoms with Crippen molar-refractivity contribution >= 4 is 11.9 Å². The third kappa shape index (κ3) is 6.34. The lowest BCUT2D eigenvalue weighted by Crippen LogP contribution is -2.45. The predicted octanol–water partition coefficient (Wildman–Crippen LogP) is 3.60. The fourth-order valence-corrected chi connectivity index (χ4v) is 4.57. The maximum Gasteiger partial charge on any atom is 0.490 e. The number of likely N-dealkylation sites (tertiary alicyclic amines) is 2. The van der Waals surface area contributed by atoms with Crippen molar-refractivity contribution in [2.24, 2.45) is 7.05 Å². The zero-order valence-corrected chi connectivity index (χ0v) is 18.6. The first-order valence-corrected chi connectivity index (χ1v) is 10.9. The summed E-state index contributed by atoms with van der Waals surface area (Å²) >= 11 is 0. The molecule has 0 bridgehead atoms. The quantitative estimate of drug-likeness (QED) is 0.745. The van der Waals surface area contributed by atoms with E-state index in [1.165, 1.54) is 11.3 Å². The Morgan fingerprint density at radius 1 is 1.12 bits per heavy atom. The Balaban J connectivity index is 0.000000383. The van der Waals surface area contributed by atoms with Crippen LogP contribution in [-0.4, -0.2) is 61.1 Å². The minimum atomic E-state index is -5.08. The largest absolute Gasteiger partial charge is 0.490 e. The summed E-state index contributed by atoms with van der Waals surface area (Å²) in [4.78, 5) is 30.5. The second-order valence-corrected chi connectivity index (χ2v) is 8.62. The van der Waals surface area contributed by atoms with Crippen LogP contribution < -0.4 is 0 Å². The highest BCUT2D eigenvalue weighted by Gasteiger charge is 2.45. The molecule has 2 fully saturated rings. The second-order valence-electron chi connectivity index (χ2n) is 8.62. The number of rotatable bonds is 4. The van der Waals surface area contributed by atoms with Crippen molar-refractivity contribution < 1.29 is 27.9 Å². The molecule has 4 rings (SSSR count). The maximum absolute atomic E-state index is 12.6. The summed E-state index contributed by atoms with van der Waals surface area (Å²) in [5.41, 5.74) is 2.54. The summed E-state index contributed by atoms with van der Waals surface area (Å²) in [5, 5.41) is 7.12. The van der Waals surface area contributed by atoms with Gasteiger partial charge in [0.1, 0.15) is 0 Å². The van der Waals surface area contributed by atoms with E-state index in [0.29, 0.717) is 12.3 Å². The lowest BCUT2D eigenvalue weighted by molar-refractivity contribution is -0.192. The molecule has 180 valence electrons. The Labute approximate surface area is 190 Å². The molecule has 1 amide bonds. The molecule has 1 atom stereocenters. The van der Waals surface area contributed by atoms with Gasteiger partial charge >= 0.3 is 12.1 Å². The van der Waals surface area contributed by atoms with Crippen LogP contribution in [0.15, 0.2) is 42.9 Å². The van der Waals surface area contributed by atoms with Crippen LogP contribution >= 0.6 is 0 Å². The van der Waals surface area contributed by atoms with E-state index in [0.717, 1.165) is 51.9 Å². The maximum atomic E-state index is 12.6. The average Bonchev–Trinajstić information content (AvgIpc) is 3.22. The smallest absolute Gasteiger partial charge is 0.475 e. The Bertz CT molecular complexity index is 948. The van der Waals surface area contributed by atoms with Gasteiger partial charge in [-0.1, -0.05) is 30.3 Å². The Hall–Kier alpha value is -2.88. The first-order chi connectivity index (χ1) is 15.6. The van der Waals surface area contributed by atoms with Gasteiger partial charge in [0.05, 0.1) is 12.0 Å². The molecule has 1 unspecified atom stereocenters. The van der Waals surface area contributed by atoms with Crippen LogP contribution in [0.4, 0.5) is 13.2 Å². The van der Waals surface area contributed by atoms with Crippen molar-refractivity contribution in [3.8, 4) is 0 Å². The van der Waals surface area contributed by atoms with Crippen LogP contribution in [0, 0.1) is 0 Å². The van der Waals surface area contributed by atoms with Crippen LogP contribution in [0.1, 0.15) is 43.4 Å². The molecule has 3 heterocycles. The van der Waals surface area contributed by atoms with Crippen LogP contribution in [0.25, 0.3) is 0 Å². The van der Waals surface area contributed by atoms with Gasteiger partial charge < -0.3 is 14.6 Å². The van der Waals surface area contributed by atoms with Crippen molar-refractivity contribution in [1.82, 2.24) is 19.4 Å². The molecule has 0 aliphatic carbocycles. The van der Waals surface area contributed by atoms with E-state index in [1.807, 2.05) is 18.6 Å². The van der Waals surface area contributed by atoms with Crippen molar-refractivity contribution in [2.75, 3.05) is 13.1 Å². The van der Waals surface area contributed by atoms with Gasteiger partial charge in [-0.05, 0) is 37.8 Å². The van der Waals surface area contributed by atoms with Crippen LogP contribution in [-0.2, 0) is 29.7 Å². The zero-order chi connectivity index (χ0) is 24.1. The number of benzene rings is 1. The van der Waals surface area contributed by atoms with Crippen LogP contribution in [0.2, 0.25) is 0 Å². The number of halogens is 3. The average molecular weight is 467 g/mol. The Kier molecular flexibility index (Phi) is 7.78. The summed E-state index contributed by atoms with van der Waals surface area (Å²) in [6.45, 7) is 3.84. The number of nitrogens with zero attached hydrogens (tertiary/aromatic N) is 4. The molecule has 0 radical (unpaired) electrons. The number of aromatic nitrogens is 2. The molecule has 1 N–H and O–H groups in total. The van der Waals surface area contributed by atoms with Crippen molar-refractivity contribution in [2.45, 2.75) is 56.9 Å². The van der Waals surface area contributed by atoms with Gasteiger partial charge in [0, 0.05) is 44.8 Å². The minimum Gasteiger partial charge on any atom is -0.475 e. The van der Waals surface area contributed by atoms with E-state index >= 15 is 0 Å². The number of carboxylic acids is 1. The molecule has 33 heavy (non-hydrogen) atoms. The topological polar surface area (TPSA) is 78.7 Å². The van der Waals surface area contributed by atoms with Gasteiger partial charge in [0.15, 0.2) is 0 Å². The van der Waals surface area contributed by atoms with Crippen molar-refractivity contribution in [3.05, 3.63) is 54.1 Å². The number of carbonyl (C=O) groups excluding carboxylic acids is 1. The van der Waals surface area contributed by atoms with E-state index in [9.17, 15) is 18.0 Å². The van der Waals surface area contributed by atoms with Gasteiger partial charge in [0.25, 0.3) is 0 Å². The first kappa shape index (κ1) is 24.8.